The molecule has 0 aliphatic carbocycles. The van der Waals surface area contributed by atoms with Crippen molar-refractivity contribution in [3.8, 4) is 5.88 Å². The fourth-order valence-corrected chi connectivity index (χ4v) is 0.908. The Morgan fingerprint density at radius 1 is 1.54 bits per heavy atom. The maximum Gasteiger partial charge on any atom is 0.213 e. The number of pyridine rings is 1. The zero-order chi connectivity index (χ0) is 9.68. The topological polar surface area (TPSA) is 48.1 Å². The van der Waals surface area contributed by atoms with Gasteiger partial charge in [0.25, 0.3) is 0 Å². The Morgan fingerprint density at radius 2 is 2.31 bits per heavy atom. The van der Waals surface area contributed by atoms with Crippen LogP contribution in [0.5, 0.6) is 5.88 Å². The molecule has 1 aromatic heterocycles. The lowest BCUT2D eigenvalue weighted by Crippen LogP contribution is -2.06. The quantitative estimate of drug-likeness (QED) is 0.765. The third-order valence-electron chi connectivity index (χ3n) is 1.60. The standard InChI is InChI=1S/C10H16N2O/c1-8(2)7-13-10-5-9(6-11)3-4-12-10/h3-5,8H,6-7,11H2,1-2H3. The third kappa shape index (κ3) is 3.42. The minimum absolute atomic E-state index is 0.517. The molecule has 0 radical (unpaired) electrons. The summed E-state index contributed by atoms with van der Waals surface area (Å²) in [4.78, 5) is 4.08. The van der Waals surface area contributed by atoms with E-state index in [2.05, 4.69) is 18.8 Å². The first-order chi connectivity index (χ1) is 6.22. The highest BCUT2D eigenvalue weighted by Crippen LogP contribution is 2.09. The second-order valence-corrected chi connectivity index (χ2v) is 3.41. The van der Waals surface area contributed by atoms with Crippen molar-refractivity contribution in [1.82, 2.24) is 4.98 Å². The monoisotopic (exact) mass is 180 g/mol. The fraction of sp³-hybridized carbons (Fsp3) is 0.500. The number of nitrogens with two attached hydrogens (primary N) is 1. The number of aromatic nitrogens is 1. The molecule has 72 valence electrons. The van der Waals surface area contributed by atoms with Gasteiger partial charge in [-0.3, -0.25) is 0 Å². The van der Waals surface area contributed by atoms with Crippen LogP contribution in [0.3, 0.4) is 0 Å². The summed E-state index contributed by atoms with van der Waals surface area (Å²) >= 11 is 0. The van der Waals surface area contributed by atoms with Crippen molar-refractivity contribution in [2.75, 3.05) is 6.61 Å². The second kappa shape index (κ2) is 4.82. The van der Waals surface area contributed by atoms with Gasteiger partial charge in [-0.1, -0.05) is 13.8 Å². The van der Waals surface area contributed by atoms with Crippen LogP contribution in [0.15, 0.2) is 18.3 Å². The maximum absolute atomic E-state index is 5.49. The maximum atomic E-state index is 5.49. The molecule has 0 spiro atoms. The van der Waals surface area contributed by atoms with Crippen LogP contribution < -0.4 is 10.5 Å². The number of hydrogen-bond acceptors (Lipinski definition) is 3. The van der Waals surface area contributed by atoms with Crippen LogP contribution in [0.25, 0.3) is 0 Å². The molecule has 3 heteroatoms. The van der Waals surface area contributed by atoms with Gasteiger partial charge in [0.05, 0.1) is 6.61 Å². The van der Waals surface area contributed by atoms with E-state index in [9.17, 15) is 0 Å². The molecule has 0 saturated carbocycles. The van der Waals surface area contributed by atoms with Crippen LogP contribution in [0.4, 0.5) is 0 Å². The van der Waals surface area contributed by atoms with Gasteiger partial charge in [0.1, 0.15) is 0 Å². The Hall–Kier alpha value is -1.09. The summed E-state index contributed by atoms with van der Waals surface area (Å²) in [6, 6.07) is 3.77. The van der Waals surface area contributed by atoms with Gasteiger partial charge in [-0.2, -0.15) is 0 Å². The first-order valence-corrected chi connectivity index (χ1v) is 4.50. The molecular formula is C10H16N2O. The van der Waals surface area contributed by atoms with Crippen molar-refractivity contribution in [3.63, 3.8) is 0 Å². The normalized spacial score (nSPS) is 10.5. The SMILES string of the molecule is CC(C)COc1cc(CN)ccn1. The minimum atomic E-state index is 0.517. The van der Waals surface area contributed by atoms with E-state index in [-0.39, 0.29) is 0 Å². The van der Waals surface area contributed by atoms with Gasteiger partial charge in [0.15, 0.2) is 0 Å². The van der Waals surface area contributed by atoms with Gasteiger partial charge >= 0.3 is 0 Å². The molecule has 0 aliphatic rings. The first-order valence-electron chi connectivity index (χ1n) is 4.50. The predicted molar refractivity (Wildman–Crippen MR) is 52.5 cm³/mol. The van der Waals surface area contributed by atoms with Gasteiger partial charge in [0, 0.05) is 18.8 Å². The lowest BCUT2D eigenvalue weighted by molar-refractivity contribution is 0.261. The Kier molecular flexibility index (Phi) is 3.71. The van der Waals surface area contributed by atoms with Crippen LogP contribution in [-0.4, -0.2) is 11.6 Å². The number of rotatable bonds is 4. The second-order valence-electron chi connectivity index (χ2n) is 3.41. The van der Waals surface area contributed by atoms with Crippen LogP contribution in [0, 0.1) is 5.92 Å². The Bertz CT molecular complexity index is 261. The number of ether oxygens (including phenoxy) is 1. The van der Waals surface area contributed by atoms with Crippen molar-refractivity contribution in [2.45, 2.75) is 20.4 Å². The largest absolute Gasteiger partial charge is 0.477 e. The lowest BCUT2D eigenvalue weighted by atomic mass is 10.2. The molecule has 0 saturated heterocycles. The number of nitrogens with zero attached hydrogens (tertiary/aromatic N) is 1. The molecule has 3 nitrogen and oxygen atoms in total. The van der Waals surface area contributed by atoms with Crippen LogP contribution in [0.1, 0.15) is 19.4 Å². The van der Waals surface area contributed by atoms with Gasteiger partial charge in [-0.25, -0.2) is 4.98 Å². The summed E-state index contributed by atoms with van der Waals surface area (Å²) in [6.45, 7) is 5.43. The van der Waals surface area contributed by atoms with Crippen molar-refractivity contribution in [3.05, 3.63) is 23.9 Å². The zero-order valence-corrected chi connectivity index (χ0v) is 8.16. The van der Waals surface area contributed by atoms with Gasteiger partial charge < -0.3 is 10.5 Å². The van der Waals surface area contributed by atoms with E-state index in [1.807, 2.05) is 12.1 Å². The molecule has 0 unspecified atom stereocenters. The molecule has 1 aromatic rings. The smallest absolute Gasteiger partial charge is 0.213 e. The van der Waals surface area contributed by atoms with Gasteiger partial charge in [-0.15, -0.1) is 0 Å². The summed E-state index contributed by atoms with van der Waals surface area (Å²) in [5.41, 5.74) is 6.54. The summed E-state index contributed by atoms with van der Waals surface area (Å²) in [6.07, 6.45) is 1.72. The molecule has 2 N–H and O–H groups in total. The Balaban J connectivity index is 2.56. The highest BCUT2D eigenvalue weighted by atomic mass is 16.5. The molecule has 0 amide bonds. The molecular weight excluding hydrogens is 164 g/mol. The summed E-state index contributed by atoms with van der Waals surface area (Å²) in [5.74, 6) is 1.18. The van der Waals surface area contributed by atoms with E-state index in [1.54, 1.807) is 6.20 Å². The van der Waals surface area contributed by atoms with Crippen LogP contribution in [-0.2, 0) is 6.54 Å². The van der Waals surface area contributed by atoms with Gasteiger partial charge in [-0.05, 0) is 17.5 Å². The van der Waals surface area contributed by atoms with Crippen molar-refractivity contribution in [1.29, 1.82) is 0 Å². The molecule has 0 atom stereocenters. The zero-order valence-electron chi connectivity index (χ0n) is 8.16. The lowest BCUT2D eigenvalue weighted by Gasteiger charge is -2.07. The first kappa shape index (κ1) is 9.99. The highest BCUT2D eigenvalue weighted by Gasteiger charge is 1.98. The summed E-state index contributed by atoms with van der Waals surface area (Å²) in [7, 11) is 0. The molecule has 0 aliphatic heterocycles. The van der Waals surface area contributed by atoms with E-state index in [0.29, 0.717) is 24.9 Å². The van der Waals surface area contributed by atoms with E-state index < -0.39 is 0 Å². The van der Waals surface area contributed by atoms with Gasteiger partial charge in [0.2, 0.25) is 5.88 Å². The number of hydrogen-bond donors (Lipinski definition) is 1. The van der Waals surface area contributed by atoms with Crippen LogP contribution >= 0.6 is 0 Å². The highest BCUT2D eigenvalue weighted by molar-refractivity contribution is 5.19. The fourth-order valence-electron chi connectivity index (χ4n) is 0.908. The minimum Gasteiger partial charge on any atom is -0.477 e. The average Bonchev–Trinajstić information content (AvgIpc) is 2.15. The van der Waals surface area contributed by atoms with E-state index in [0.717, 1.165) is 5.56 Å². The molecule has 0 bridgehead atoms. The molecule has 13 heavy (non-hydrogen) atoms. The third-order valence-corrected chi connectivity index (χ3v) is 1.60. The van der Waals surface area contributed by atoms with E-state index >= 15 is 0 Å². The van der Waals surface area contributed by atoms with Crippen LogP contribution in [0.2, 0.25) is 0 Å². The Labute approximate surface area is 78.9 Å². The predicted octanol–water partition coefficient (Wildman–Crippen LogP) is 1.58. The molecule has 0 fully saturated rings. The average molecular weight is 180 g/mol. The molecule has 1 rings (SSSR count). The van der Waals surface area contributed by atoms with Crippen molar-refractivity contribution >= 4 is 0 Å². The Morgan fingerprint density at radius 3 is 2.92 bits per heavy atom. The molecule has 1 heterocycles. The van der Waals surface area contributed by atoms with Crippen molar-refractivity contribution in [2.24, 2.45) is 11.7 Å². The van der Waals surface area contributed by atoms with Crippen molar-refractivity contribution < 1.29 is 4.74 Å². The summed E-state index contributed by atoms with van der Waals surface area (Å²) in [5, 5.41) is 0. The summed E-state index contributed by atoms with van der Waals surface area (Å²) < 4.78 is 5.44. The molecule has 0 aromatic carbocycles. The van der Waals surface area contributed by atoms with E-state index in [1.165, 1.54) is 0 Å². The van der Waals surface area contributed by atoms with E-state index in [4.69, 9.17) is 10.5 Å².